The topological polar surface area (TPSA) is 149 Å². The second-order valence-corrected chi connectivity index (χ2v) is 16.5. The van der Waals surface area contributed by atoms with Crippen molar-refractivity contribution in [2.75, 3.05) is 13.2 Å². The molecule has 7 unspecified atom stereocenters. The van der Waals surface area contributed by atoms with Gasteiger partial charge in [0.05, 0.1) is 25.4 Å². The van der Waals surface area contributed by atoms with Crippen LogP contribution in [-0.4, -0.2) is 87.5 Å². The summed E-state index contributed by atoms with van der Waals surface area (Å²) < 4.78 is 11.1. The molecule has 1 fully saturated rings. The minimum absolute atomic E-state index is 0.220. The highest BCUT2D eigenvalue weighted by Gasteiger charge is 2.44. The van der Waals surface area contributed by atoms with Crippen LogP contribution in [-0.2, 0) is 14.3 Å². The molecule has 0 spiro atoms. The van der Waals surface area contributed by atoms with Gasteiger partial charge in [0.2, 0.25) is 5.91 Å². The Morgan fingerprint density at radius 3 is 1.31 bits per heavy atom. The fourth-order valence-corrected chi connectivity index (χ4v) is 6.60. The molecule has 0 saturated carbocycles. The zero-order chi connectivity index (χ0) is 48.7. The van der Waals surface area contributed by atoms with E-state index in [0.717, 1.165) is 116 Å². The monoisotopic (exact) mass is 928 g/mol. The molecule has 1 rings (SSSR count). The van der Waals surface area contributed by atoms with Gasteiger partial charge in [-0.3, -0.25) is 4.79 Å². The quantitative estimate of drug-likeness (QED) is 0.0264. The number of ether oxygens (including phenoxy) is 2. The van der Waals surface area contributed by atoms with E-state index in [1.54, 1.807) is 6.08 Å². The molecule has 9 heteroatoms. The van der Waals surface area contributed by atoms with E-state index in [1.165, 1.54) is 0 Å². The van der Waals surface area contributed by atoms with Gasteiger partial charge >= 0.3 is 0 Å². The largest absolute Gasteiger partial charge is 0.394 e. The van der Waals surface area contributed by atoms with E-state index in [-0.39, 0.29) is 18.9 Å². The van der Waals surface area contributed by atoms with Gasteiger partial charge in [-0.05, 0) is 109 Å². The van der Waals surface area contributed by atoms with Crippen molar-refractivity contribution in [2.45, 2.75) is 185 Å². The van der Waals surface area contributed by atoms with Gasteiger partial charge in [-0.2, -0.15) is 0 Å². The van der Waals surface area contributed by atoms with E-state index in [4.69, 9.17) is 9.47 Å². The maximum absolute atomic E-state index is 12.8. The number of nitrogens with one attached hydrogen (secondary N) is 1. The second-order valence-electron chi connectivity index (χ2n) is 16.5. The summed E-state index contributed by atoms with van der Waals surface area (Å²) in [5.74, 6) is -0.236. The summed E-state index contributed by atoms with van der Waals surface area (Å²) in [6.07, 6.45) is 66.5. The number of carbonyl (C=O) groups excluding carboxylic acids is 1. The SMILES string of the molecule is CC/C=C\C/C=C\C/C=C\C/C=C\C/C=C\C/C=C\C/C=C\C/C=C\C/C=C\C/C=C\C/C=C\C/C=C\CCCCC(=O)NC(COC1OC(CO)C(O)C(O)C1O)C(O)/C=C/CCCCC. The van der Waals surface area contributed by atoms with Crippen molar-refractivity contribution in [1.82, 2.24) is 5.32 Å². The predicted molar refractivity (Wildman–Crippen MR) is 280 cm³/mol. The fourth-order valence-electron chi connectivity index (χ4n) is 6.60. The number of hydrogen-bond acceptors (Lipinski definition) is 8. The van der Waals surface area contributed by atoms with E-state index < -0.39 is 49.5 Å². The van der Waals surface area contributed by atoms with Gasteiger partial charge in [0, 0.05) is 6.42 Å². The van der Waals surface area contributed by atoms with Gasteiger partial charge in [0.15, 0.2) is 6.29 Å². The standard InChI is InChI=1S/C58H89NO8/c1-3-5-7-9-10-11-12-13-14-15-16-17-18-19-20-21-22-23-24-25-26-27-28-29-30-31-32-33-34-35-36-37-38-39-40-41-42-44-46-48-54(62)59-51(52(61)47-45-43-8-6-4-2)50-66-58-57(65)56(64)55(63)53(49-60)67-58/h5,7,10-11,13-14,16-17,19-20,22-23,25-26,28-29,31-32,34-35,37-38,40-41,45,47,51-53,55-58,60-61,63-65H,3-4,6,8-9,12,15,18,21,24,27,30,33,36,39,42-44,46,48-50H2,1-2H3,(H,59,62)/b7-5-,11-10-,14-13-,17-16-,20-19-,23-22-,26-25-,29-28-,32-31-,35-34-,38-37-,41-40-,47-45+. The normalized spacial score (nSPS) is 21.1. The highest BCUT2D eigenvalue weighted by molar-refractivity contribution is 5.76. The average molecular weight is 928 g/mol. The summed E-state index contributed by atoms with van der Waals surface area (Å²) >= 11 is 0. The lowest BCUT2D eigenvalue weighted by molar-refractivity contribution is -0.302. The molecule has 0 bridgehead atoms. The summed E-state index contributed by atoms with van der Waals surface area (Å²) in [5, 5.41) is 53.7. The van der Waals surface area contributed by atoms with E-state index in [9.17, 15) is 30.3 Å². The second kappa shape index (κ2) is 45.6. The Hall–Kier alpha value is -4.19. The Kier molecular flexibility index (Phi) is 41.4. The number of aliphatic hydroxyl groups excluding tert-OH is 5. The van der Waals surface area contributed by atoms with Crippen molar-refractivity contribution in [3.05, 3.63) is 158 Å². The van der Waals surface area contributed by atoms with Crippen LogP contribution in [0.2, 0.25) is 0 Å². The highest BCUT2D eigenvalue weighted by atomic mass is 16.7. The minimum atomic E-state index is -1.58. The Morgan fingerprint density at radius 2 is 0.910 bits per heavy atom. The number of amides is 1. The minimum Gasteiger partial charge on any atom is -0.394 e. The maximum Gasteiger partial charge on any atom is 0.220 e. The lowest BCUT2D eigenvalue weighted by Crippen LogP contribution is -2.60. The maximum atomic E-state index is 12.8. The first-order valence-corrected chi connectivity index (χ1v) is 25.2. The molecule has 0 aliphatic carbocycles. The molecule has 6 N–H and O–H groups in total. The van der Waals surface area contributed by atoms with Crippen LogP contribution in [0, 0.1) is 0 Å². The molecule has 7 atom stereocenters. The third-order valence-electron chi connectivity index (χ3n) is 10.6. The Labute approximate surface area is 405 Å². The van der Waals surface area contributed by atoms with Crippen molar-refractivity contribution < 1.29 is 39.8 Å². The Balaban J connectivity index is 2.15. The van der Waals surface area contributed by atoms with Crippen LogP contribution in [0.25, 0.3) is 0 Å². The van der Waals surface area contributed by atoms with Crippen molar-refractivity contribution in [3.8, 4) is 0 Å². The number of unbranched alkanes of at least 4 members (excludes halogenated alkanes) is 5. The summed E-state index contributed by atoms with van der Waals surface area (Å²) in [6.45, 7) is 3.47. The van der Waals surface area contributed by atoms with E-state index in [1.807, 2.05) is 6.08 Å². The highest BCUT2D eigenvalue weighted by Crippen LogP contribution is 2.22. The van der Waals surface area contributed by atoms with Crippen molar-refractivity contribution in [3.63, 3.8) is 0 Å². The smallest absolute Gasteiger partial charge is 0.220 e. The molecule has 1 heterocycles. The van der Waals surface area contributed by atoms with Crippen LogP contribution in [0.1, 0.15) is 142 Å². The van der Waals surface area contributed by atoms with Crippen molar-refractivity contribution in [2.24, 2.45) is 0 Å². The molecule has 0 radical (unpaired) electrons. The molecule has 1 aliphatic rings. The van der Waals surface area contributed by atoms with Crippen LogP contribution in [0.3, 0.4) is 0 Å². The summed E-state index contributed by atoms with van der Waals surface area (Å²) in [7, 11) is 0. The lowest BCUT2D eigenvalue weighted by Gasteiger charge is -2.40. The van der Waals surface area contributed by atoms with Gasteiger partial charge in [0.1, 0.15) is 24.4 Å². The molecule has 0 aromatic rings. The van der Waals surface area contributed by atoms with Gasteiger partial charge in [-0.1, -0.05) is 185 Å². The van der Waals surface area contributed by atoms with Crippen LogP contribution in [0.4, 0.5) is 0 Å². The molecule has 0 aromatic heterocycles. The third-order valence-corrected chi connectivity index (χ3v) is 10.6. The molecule has 1 amide bonds. The number of hydrogen-bond donors (Lipinski definition) is 6. The molecule has 1 saturated heterocycles. The number of aliphatic hydroxyl groups is 5. The van der Waals surface area contributed by atoms with E-state index >= 15 is 0 Å². The molecular formula is C58H89NO8. The summed E-state index contributed by atoms with van der Waals surface area (Å²) in [4.78, 5) is 12.8. The zero-order valence-corrected chi connectivity index (χ0v) is 41.1. The first-order valence-electron chi connectivity index (χ1n) is 25.2. The van der Waals surface area contributed by atoms with Crippen LogP contribution < -0.4 is 5.32 Å². The van der Waals surface area contributed by atoms with Crippen molar-refractivity contribution >= 4 is 5.91 Å². The first kappa shape index (κ1) is 60.8. The molecule has 67 heavy (non-hydrogen) atoms. The first-order chi connectivity index (χ1) is 32.8. The molecule has 374 valence electrons. The molecule has 1 aliphatic heterocycles. The summed E-state index contributed by atoms with van der Waals surface area (Å²) in [6, 6.07) is -0.836. The van der Waals surface area contributed by atoms with Crippen LogP contribution in [0.5, 0.6) is 0 Å². The number of carbonyl (C=O) groups is 1. The number of rotatable bonds is 39. The van der Waals surface area contributed by atoms with Gasteiger partial charge < -0.3 is 40.3 Å². The van der Waals surface area contributed by atoms with Crippen molar-refractivity contribution in [1.29, 1.82) is 0 Å². The Bertz CT molecular complexity index is 1590. The number of allylic oxidation sites excluding steroid dienone is 25. The molecule has 0 aromatic carbocycles. The average Bonchev–Trinajstić information content (AvgIpc) is 3.33. The lowest BCUT2D eigenvalue weighted by atomic mass is 9.99. The van der Waals surface area contributed by atoms with Crippen LogP contribution >= 0.6 is 0 Å². The zero-order valence-electron chi connectivity index (χ0n) is 41.1. The molecular weight excluding hydrogens is 839 g/mol. The van der Waals surface area contributed by atoms with E-state index in [0.29, 0.717) is 6.42 Å². The van der Waals surface area contributed by atoms with E-state index in [2.05, 4.69) is 165 Å². The van der Waals surface area contributed by atoms with Gasteiger partial charge in [-0.15, -0.1) is 0 Å². The fraction of sp³-hybridized carbons (Fsp3) is 0.534. The van der Waals surface area contributed by atoms with Gasteiger partial charge in [0.25, 0.3) is 0 Å². The Morgan fingerprint density at radius 1 is 0.522 bits per heavy atom. The third kappa shape index (κ3) is 35.6. The van der Waals surface area contributed by atoms with Gasteiger partial charge in [-0.25, -0.2) is 0 Å². The van der Waals surface area contributed by atoms with Crippen LogP contribution in [0.15, 0.2) is 158 Å². The molecule has 9 nitrogen and oxygen atoms in total. The predicted octanol–water partition coefficient (Wildman–Crippen LogP) is 11.7. The summed E-state index contributed by atoms with van der Waals surface area (Å²) in [5.41, 5.74) is 0.